The highest BCUT2D eigenvalue weighted by Gasteiger charge is 2.34. The molecule has 0 N–H and O–H groups in total. The maximum absolute atomic E-state index is 2.48. The number of aryl methyl sites for hydroxylation is 2. The molecule has 0 aliphatic rings. The number of benzene rings is 3. The largest absolute Gasteiger partial charge is 0.0622 e. The van der Waals surface area contributed by atoms with Crippen LogP contribution in [0.3, 0.4) is 0 Å². The number of hydrogen-bond donors (Lipinski definition) is 0. The van der Waals surface area contributed by atoms with Crippen molar-refractivity contribution in [1.82, 2.24) is 0 Å². The zero-order chi connectivity index (χ0) is 22.9. The molecule has 0 saturated carbocycles. The van der Waals surface area contributed by atoms with Gasteiger partial charge in [0.25, 0.3) is 0 Å². The van der Waals surface area contributed by atoms with Gasteiger partial charge in [-0.1, -0.05) is 125 Å². The molecule has 0 aromatic heterocycles. The van der Waals surface area contributed by atoms with Crippen LogP contribution in [-0.2, 0) is 18.3 Å². The Balaban J connectivity index is 2.11. The molecule has 3 aromatic rings. The van der Waals surface area contributed by atoms with Gasteiger partial charge in [0.05, 0.1) is 0 Å². The van der Waals surface area contributed by atoms with E-state index in [2.05, 4.69) is 128 Å². The van der Waals surface area contributed by atoms with Crippen LogP contribution in [0.2, 0.25) is 0 Å². The molecule has 0 aliphatic carbocycles. The summed E-state index contributed by atoms with van der Waals surface area (Å²) < 4.78 is 0. The lowest BCUT2D eigenvalue weighted by Crippen LogP contribution is -2.32. The van der Waals surface area contributed by atoms with Gasteiger partial charge in [-0.25, -0.2) is 0 Å². The standard InChI is InChI=1S/C31H40/c1-23-14-16-27(17-15-23)31(8,22-25-12-10-9-11-13-25)28-19-24(2)18-26(20-28)21-30(6,7)29(3,4)5/h9-20H,21-22H2,1-8H3. The van der Waals surface area contributed by atoms with Crippen molar-refractivity contribution in [3.8, 4) is 0 Å². The molecule has 1 atom stereocenters. The van der Waals surface area contributed by atoms with Crippen molar-refractivity contribution in [3.05, 3.63) is 106 Å². The highest BCUT2D eigenvalue weighted by atomic mass is 14.4. The minimum atomic E-state index is -0.0816. The van der Waals surface area contributed by atoms with Gasteiger partial charge in [0, 0.05) is 5.41 Å². The normalized spacial score (nSPS) is 14.3. The maximum Gasteiger partial charge on any atom is 0.0215 e. The summed E-state index contributed by atoms with van der Waals surface area (Å²) in [6.45, 7) is 18.7. The van der Waals surface area contributed by atoms with Crippen LogP contribution in [0, 0.1) is 24.7 Å². The van der Waals surface area contributed by atoms with Gasteiger partial charge >= 0.3 is 0 Å². The molecule has 0 radical (unpaired) electrons. The summed E-state index contributed by atoms with van der Waals surface area (Å²) in [5.41, 5.74) is 8.67. The molecule has 164 valence electrons. The topological polar surface area (TPSA) is 0 Å². The Morgan fingerprint density at radius 2 is 1.16 bits per heavy atom. The third kappa shape index (κ3) is 5.29. The van der Waals surface area contributed by atoms with Crippen LogP contribution in [0.5, 0.6) is 0 Å². The van der Waals surface area contributed by atoms with Crippen LogP contribution >= 0.6 is 0 Å². The second-order valence-electron chi connectivity index (χ2n) is 11.4. The summed E-state index contributed by atoms with van der Waals surface area (Å²) in [7, 11) is 0. The van der Waals surface area contributed by atoms with Crippen molar-refractivity contribution in [3.63, 3.8) is 0 Å². The molecule has 0 fully saturated rings. The first-order valence-electron chi connectivity index (χ1n) is 11.6. The fraction of sp³-hybridized carbons (Fsp3) is 0.419. The molecular formula is C31H40. The Labute approximate surface area is 190 Å². The van der Waals surface area contributed by atoms with Crippen LogP contribution in [0.4, 0.5) is 0 Å². The van der Waals surface area contributed by atoms with E-state index in [1.54, 1.807) is 0 Å². The summed E-state index contributed by atoms with van der Waals surface area (Å²) in [4.78, 5) is 0. The SMILES string of the molecule is Cc1ccc(C(C)(Cc2ccccc2)c2cc(C)cc(CC(C)(C)C(C)(C)C)c2)cc1. The van der Waals surface area contributed by atoms with E-state index in [1.165, 1.54) is 33.4 Å². The molecule has 3 rings (SSSR count). The fourth-order valence-corrected chi connectivity index (χ4v) is 4.35. The number of hydrogen-bond acceptors (Lipinski definition) is 0. The van der Waals surface area contributed by atoms with Gasteiger partial charge in [-0.3, -0.25) is 0 Å². The minimum Gasteiger partial charge on any atom is -0.0622 e. The molecule has 3 aromatic carbocycles. The highest BCUT2D eigenvalue weighted by molar-refractivity contribution is 5.45. The van der Waals surface area contributed by atoms with Crippen LogP contribution in [0.1, 0.15) is 74.9 Å². The Hall–Kier alpha value is -2.34. The van der Waals surface area contributed by atoms with E-state index in [-0.39, 0.29) is 16.2 Å². The van der Waals surface area contributed by atoms with Crippen LogP contribution in [-0.4, -0.2) is 0 Å². The molecule has 0 heteroatoms. The quantitative estimate of drug-likeness (QED) is 0.381. The van der Waals surface area contributed by atoms with E-state index < -0.39 is 0 Å². The first-order chi connectivity index (χ1) is 14.4. The van der Waals surface area contributed by atoms with Gasteiger partial charge in [0.1, 0.15) is 0 Å². The molecule has 0 spiro atoms. The van der Waals surface area contributed by atoms with Crippen molar-refractivity contribution in [2.45, 2.75) is 73.6 Å². The van der Waals surface area contributed by atoms with E-state index in [9.17, 15) is 0 Å². The Kier molecular flexibility index (Phi) is 6.51. The van der Waals surface area contributed by atoms with E-state index in [0.717, 1.165) is 12.8 Å². The lowest BCUT2D eigenvalue weighted by molar-refractivity contribution is 0.132. The summed E-state index contributed by atoms with van der Waals surface area (Å²) in [6.07, 6.45) is 2.07. The van der Waals surface area contributed by atoms with Crippen molar-refractivity contribution in [2.75, 3.05) is 0 Å². The molecular weight excluding hydrogens is 372 g/mol. The van der Waals surface area contributed by atoms with Crippen molar-refractivity contribution in [2.24, 2.45) is 10.8 Å². The zero-order valence-electron chi connectivity index (χ0n) is 20.8. The first-order valence-corrected chi connectivity index (χ1v) is 11.6. The van der Waals surface area contributed by atoms with E-state index in [1.807, 2.05) is 0 Å². The first kappa shape index (κ1) is 23.3. The van der Waals surface area contributed by atoms with E-state index >= 15 is 0 Å². The summed E-state index contributed by atoms with van der Waals surface area (Å²) in [5, 5.41) is 0. The minimum absolute atomic E-state index is 0.0816. The van der Waals surface area contributed by atoms with Crippen LogP contribution in [0.15, 0.2) is 72.8 Å². The third-order valence-electron chi connectivity index (χ3n) is 7.54. The van der Waals surface area contributed by atoms with Gasteiger partial charge in [0.2, 0.25) is 0 Å². The molecule has 0 aliphatic heterocycles. The van der Waals surface area contributed by atoms with Crippen LogP contribution in [0.25, 0.3) is 0 Å². The molecule has 0 bridgehead atoms. The second-order valence-corrected chi connectivity index (χ2v) is 11.4. The van der Waals surface area contributed by atoms with Crippen molar-refractivity contribution < 1.29 is 0 Å². The highest BCUT2D eigenvalue weighted by Crippen LogP contribution is 2.42. The second kappa shape index (κ2) is 8.65. The average molecular weight is 413 g/mol. The molecule has 0 saturated heterocycles. The zero-order valence-corrected chi connectivity index (χ0v) is 20.8. The van der Waals surface area contributed by atoms with Gasteiger partial charge in [-0.15, -0.1) is 0 Å². The average Bonchev–Trinajstić information content (AvgIpc) is 2.67. The predicted octanol–water partition coefficient (Wildman–Crippen LogP) is 8.47. The van der Waals surface area contributed by atoms with Gasteiger partial charge in [-0.2, -0.15) is 0 Å². The predicted molar refractivity (Wildman–Crippen MR) is 136 cm³/mol. The summed E-state index contributed by atoms with van der Waals surface area (Å²) >= 11 is 0. The molecule has 0 heterocycles. The smallest absolute Gasteiger partial charge is 0.0215 e. The monoisotopic (exact) mass is 412 g/mol. The Morgan fingerprint density at radius 3 is 1.74 bits per heavy atom. The van der Waals surface area contributed by atoms with Gasteiger partial charge < -0.3 is 0 Å². The van der Waals surface area contributed by atoms with Crippen molar-refractivity contribution in [1.29, 1.82) is 0 Å². The van der Waals surface area contributed by atoms with Gasteiger partial charge in [-0.05, 0) is 59.8 Å². The number of rotatable bonds is 6. The molecule has 0 nitrogen and oxygen atoms in total. The van der Waals surface area contributed by atoms with Crippen LogP contribution < -0.4 is 0 Å². The van der Waals surface area contributed by atoms with E-state index in [4.69, 9.17) is 0 Å². The van der Waals surface area contributed by atoms with Crippen molar-refractivity contribution >= 4 is 0 Å². The maximum atomic E-state index is 2.48. The summed E-state index contributed by atoms with van der Waals surface area (Å²) in [5.74, 6) is 0. The molecule has 31 heavy (non-hydrogen) atoms. The Bertz CT molecular complexity index is 1000. The van der Waals surface area contributed by atoms with E-state index in [0.29, 0.717) is 0 Å². The molecule has 0 amide bonds. The Morgan fingerprint density at radius 1 is 0.548 bits per heavy atom. The lowest BCUT2D eigenvalue weighted by atomic mass is 9.65. The molecule has 1 unspecified atom stereocenters. The fourth-order valence-electron chi connectivity index (χ4n) is 4.35. The third-order valence-corrected chi connectivity index (χ3v) is 7.54. The lowest BCUT2D eigenvalue weighted by Gasteiger charge is -2.39. The van der Waals surface area contributed by atoms with Gasteiger partial charge in [0.15, 0.2) is 0 Å². The summed E-state index contributed by atoms with van der Waals surface area (Å²) in [6, 6.07) is 27.3.